The summed E-state index contributed by atoms with van der Waals surface area (Å²) in [6.07, 6.45) is 6.70. The van der Waals surface area contributed by atoms with E-state index in [1.807, 2.05) is 25.1 Å². The number of hydrogen-bond acceptors (Lipinski definition) is 3. The molecule has 4 heteroatoms. The smallest absolute Gasteiger partial charge is 0.234 e. The van der Waals surface area contributed by atoms with Gasteiger partial charge in [-0.25, -0.2) is 0 Å². The van der Waals surface area contributed by atoms with Gasteiger partial charge < -0.3 is 10.6 Å². The number of amides is 1. The number of pyridine rings is 1. The zero-order valence-electron chi connectivity index (χ0n) is 10.9. The van der Waals surface area contributed by atoms with Crippen LogP contribution in [0.4, 0.5) is 0 Å². The van der Waals surface area contributed by atoms with Crippen molar-refractivity contribution in [2.45, 2.75) is 44.7 Å². The van der Waals surface area contributed by atoms with E-state index in [1.165, 1.54) is 25.7 Å². The fourth-order valence-corrected chi connectivity index (χ4v) is 2.37. The molecule has 1 aliphatic carbocycles. The molecule has 1 aromatic heterocycles. The molecule has 0 radical (unpaired) electrons. The van der Waals surface area contributed by atoms with Gasteiger partial charge in [0.1, 0.15) is 0 Å². The molecule has 0 saturated heterocycles. The molecule has 1 fully saturated rings. The predicted octanol–water partition coefficient (Wildman–Crippen LogP) is 1.79. The first-order valence-electron chi connectivity index (χ1n) is 6.69. The average molecular weight is 247 g/mol. The standard InChI is InChI=1S/C14H21N3O/c1-11(13-8-4-5-9-15-13)17-14(18)10-16-12-6-2-3-7-12/h4-5,8-9,11-12,16H,2-3,6-7,10H2,1H3,(H,17,18)/t11-/m0/s1. The van der Waals surface area contributed by atoms with Gasteiger partial charge in [-0.15, -0.1) is 0 Å². The summed E-state index contributed by atoms with van der Waals surface area (Å²) in [4.78, 5) is 16.0. The molecule has 1 atom stereocenters. The highest BCUT2D eigenvalue weighted by Gasteiger charge is 2.16. The molecule has 0 aliphatic heterocycles. The minimum atomic E-state index is -0.0379. The Balaban J connectivity index is 1.73. The van der Waals surface area contributed by atoms with Gasteiger partial charge in [0.15, 0.2) is 0 Å². The summed E-state index contributed by atoms with van der Waals surface area (Å²) in [6, 6.07) is 6.22. The Morgan fingerprint density at radius 3 is 2.89 bits per heavy atom. The lowest BCUT2D eigenvalue weighted by Gasteiger charge is -2.15. The van der Waals surface area contributed by atoms with Gasteiger partial charge in [-0.1, -0.05) is 18.9 Å². The SMILES string of the molecule is C[C@H](NC(=O)CNC1CCCC1)c1ccccn1. The van der Waals surface area contributed by atoms with E-state index in [9.17, 15) is 4.79 Å². The minimum absolute atomic E-state index is 0.0379. The summed E-state index contributed by atoms with van der Waals surface area (Å²) < 4.78 is 0. The molecule has 1 aromatic rings. The van der Waals surface area contributed by atoms with E-state index in [0.29, 0.717) is 12.6 Å². The van der Waals surface area contributed by atoms with E-state index in [2.05, 4.69) is 15.6 Å². The molecule has 4 nitrogen and oxygen atoms in total. The third kappa shape index (κ3) is 3.81. The Kier molecular flexibility index (Phi) is 4.70. The summed E-state index contributed by atoms with van der Waals surface area (Å²) in [5.41, 5.74) is 0.895. The normalized spacial score (nSPS) is 17.6. The van der Waals surface area contributed by atoms with Crippen molar-refractivity contribution in [3.63, 3.8) is 0 Å². The third-order valence-corrected chi connectivity index (χ3v) is 3.42. The molecule has 0 unspecified atom stereocenters. The van der Waals surface area contributed by atoms with Crippen molar-refractivity contribution in [1.82, 2.24) is 15.6 Å². The van der Waals surface area contributed by atoms with Crippen molar-refractivity contribution in [2.75, 3.05) is 6.54 Å². The number of carbonyl (C=O) groups excluding carboxylic acids is 1. The molecule has 0 spiro atoms. The summed E-state index contributed by atoms with van der Waals surface area (Å²) in [7, 11) is 0. The zero-order valence-corrected chi connectivity index (χ0v) is 10.9. The number of carbonyl (C=O) groups is 1. The van der Waals surface area contributed by atoms with E-state index < -0.39 is 0 Å². The Labute approximate surface area is 108 Å². The van der Waals surface area contributed by atoms with Crippen LogP contribution >= 0.6 is 0 Å². The molecule has 2 rings (SSSR count). The average Bonchev–Trinajstić information content (AvgIpc) is 2.90. The third-order valence-electron chi connectivity index (χ3n) is 3.42. The maximum Gasteiger partial charge on any atom is 0.234 e. The van der Waals surface area contributed by atoms with Crippen molar-refractivity contribution >= 4 is 5.91 Å². The Morgan fingerprint density at radius 2 is 2.22 bits per heavy atom. The predicted molar refractivity (Wildman–Crippen MR) is 71.1 cm³/mol. The van der Waals surface area contributed by atoms with E-state index >= 15 is 0 Å². The van der Waals surface area contributed by atoms with Crippen LogP contribution in [0.1, 0.15) is 44.3 Å². The molecule has 1 aliphatic rings. The highest BCUT2D eigenvalue weighted by molar-refractivity contribution is 5.78. The number of nitrogens with zero attached hydrogens (tertiary/aromatic N) is 1. The van der Waals surface area contributed by atoms with Crippen molar-refractivity contribution in [2.24, 2.45) is 0 Å². The van der Waals surface area contributed by atoms with Crippen molar-refractivity contribution < 1.29 is 4.79 Å². The van der Waals surface area contributed by atoms with Gasteiger partial charge >= 0.3 is 0 Å². The highest BCUT2D eigenvalue weighted by Crippen LogP contribution is 2.17. The topological polar surface area (TPSA) is 54.0 Å². The largest absolute Gasteiger partial charge is 0.347 e. The number of aromatic nitrogens is 1. The molecule has 98 valence electrons. The van der Waals surface area contributed by atoms with Gasteiger partial charge in [0, 0.05) is 12.2 Å². The van der Waals surface area contributed by atoms with E-state index in [1.54, 1.807) is 6.20 Å². The number of rotatable bonds is 5. The zero-order chi connectivity index (χ0) is 12.8. The van der Waals surface area contributed by atoms with Gasteiger partial charge in [0.2, 0.25) is 5.91 Å². The van der Waals surface area contributed by atoms with Crippen LogP contribution in [0.2, 0.25) is 0 Å². The maximum atomic E-state index is 11.8. The van der Waals surface area contributed by atoms with Crippen LogP contribution in [-0.4, -0.2) is 23.5 Å². The first-order valence-corrected chi connectivity index (χ1v) is 6.69. The molecule has 1 heterocycles. The number of nitrogens with one attached hydrogen (secondary N) is 2. The van der Waals surface area contributed by atoms with Gasteiger partial charge in [0.25, 0.3) is 0 Å². The van der Waals surface area contributed by atoms with Crippen LogP contribution < -0.4 is 10.6 Å². The fourth-order valence-electron chi connectivity index (χ4n) is 2.37. The van der Waals surface area contributed by atoms with Gasteiger partial charge in [0.05, 0.1) is 18.3 Å². The summed E-state index contributed by atoms with van der Waals surface area (Å²) in [5.74, 6) is 0.0417. The van der Waals surface area contributed by atoms with E-state index in [-0.39, 0.29) is 11.9 Å². The monoisotopic (exact) mass is 247 g/mol. The molecular formula is C14H21N3O. The van der Waals surface area contributed by atoms with Crippen LogP contribution in [0.5, 0.6) is 0 Å². The molecule has 0 bridgehead atoms. The molecular weight excluding hydrogens is 226 g/mol. The van der Waals surface area contributed by atoms with Gasteiger partial charge in [-0.2, -0.15) is 0 Å². The Morgan fingerprint density at radius 1 is 1.44 bits per heavy atom. The Hall–Kier alpha value is -1.42. The highest BCUT2D eigenvalue weighted by atomic mass is 16.1. The molecule has 18 heavy (non-hydrogen) atoms. The molecule has 0 aromatic carbocycles. The van der Waals surface area contributed by atoms with Crippen molar-refractivity contribution in [3.05, 3.63) is 30.1 Å². The summed E-state index contributed by atoms with van der Waals surface area (Å²) in [5, 5.41) is 6.26. The van der Waals surface area contributed by atoms with Crippen molar-refractivity contribution in [1.29, 1.82) is 0 Å². The quantitative estimate of drug-likeness (QED) is 0.834. The van der Waals surface area contributed by atoms with Gasteiger partial charge in [-0.05, 0) is 31.9 Å². The van der Waals surface area contributed by atoms with E-state index in [4.69, 9.17) is 0 Å². The second-order valence-corrected chi connectivity index (χ2v) is 4.91. The fraction of sp³-hybridized carbons (Fsp3) is 0.571. The van der Waals surface area contributed by atoms with Crippen LogP contribution in [0, 0.1) is 0 Å². The van der Waals surface area contributed by atoms with E-state index in [0.717, 1.165) is 5.69 Å². The number of hydrogen-bond donors (Lipinski definition) is 2. The summed E-state index contributed by atoms with van der Waals surface area (Å²) in [6.45, 7) is 2.36. The molecule has 2 N–H and O–H groups in total. The summed E-state index contributed by atoms with van der Waals surface area (Å²) >= 11 is 0. The minimum Gasteiger partial charge on any atom is -0.347 e. The lowest BCUT2D eigenvalue weighted by atomic mass is 10.2. The first-order chi connectivity index (χ1) is 8.75. The van der Waals surface area contributed by atoms with Crippen molar-refractivity contribution in [3.8, 4) is 0 Å². The van der Waals surface area contributed by atoms with Gasteiger partial charge in [-0.3, -0.25) is 9.78 Å². The van der Waals surface area contributed by atoms with Crippen LogP contribution in [0.15, 0.2) is 24.4 Å². The lowest BCUT2D eigenvalue weighted by Crippen LogP contribution is -2.39. The second kappa shape index (κ2) is 6.50. The van der Waals surface area contributed by atoms with Crippen LogP contribution in [0.25, 0.3) is 0 Å². The Bertz CT molecular complexity index is 374. The van der Waals surface area contributed by atoms with Crippen LogP contribution in [0.3, 0.4) is 0 Å². The second-order valence-electron chi connectivity index (χ2n) is 4.91. The first kappa shape index (κ1) is 13.0. The molecule has 1 saturated carbocycles. The maximum absolute atomic E-state index is 11.8. The molecule has 1 amide bonds. The van der Waals surface area contributed by atoms with Crippen LogP contribution in [-0.2, 0) is 4.79 Å². The lowest BCUT2D eigenvalue weighted by molar-refractivity contribution is -0.121.